The van der Waals surface area contributed by atoms with Crippen LogP contribution in [-0.4, -0.2) is 30.3 Å². The fourth-order valence-electron chi connectivity index (χ4n) is 1.25. The van der Waals surface area contributed by atoms with Crippen LogP contribution in [0.1, 0.15) is 11.8 Å². The van der Waals surface area contributed by atoms with Crippen molar-refractivity contribution in [1.82, 2.24) is 5.32 Å². The Morgan fingerprint density at radius 3 is 2.83 bits per heavy atom. The first-order chi connectivity index (χ1) is 8.62. The van der Waals surface area contributed by atoms with Gasteiger partial charge < -0.3 is 10.2 Å². The van der Waals surface area contributed by atoms with Crippen molar-refractivity contribution in [3.8, 4) is 0 Å². The molecule has 2 nitrogen and oxygen atoms in total. The Hall–Kier alpha value is -0.430. The summed E-state index contributed by atoms with van der Waals surface area (Å²) in [5.74, 6) is 0. The smallest absolute Gasteiger partial charge is 0.117 e. The zero-order valence-corrected chi connectivity index (χ0v) is 13.9. The molecule has 1 aromatic rings. The van der Waals surface area contributed by atoms with Crippen LogP contribution >= 0.6 is 47.5 Å². The second-order valence-electron chi connectivity index (χ2n) is 3.49. The van der Waals surface area contributed by atoms with Crippen molar-refractivity contribution in [1.29, 1.82) is 0 Å². The van der Waals surface area contributed by atoms with Crippen molar-refractivity contribution in [3.05, 3.63) is 21.9 Å². The summed E-state index contributed by atoms with van der Waals surface area (Å²) >= 11 is 13.4. The molecule has 0 radical (unpaired) electrons. The predicted molar refractivity (Wildman–Crippen MR) is 94.1 cm³/mol. The van der Waals surface area contributed by atoms with Gasteiger partial charge in [0.05, 0.1) is 10.5 Å². The fraction of sp³-hybridized carbons (Fsp3) is 0.333. The van der Waals surface area contributed by atoms with E-state index in [1.54, 1.807) is 23.1 Å². The fourth-order valence-corrected chi connectivity index (χ4v) is 3.35. The largest absolute Gasteiger partial charge is 0.367 e. The molecule has 0 saturated carbocycles. The van der Waals surface area contributed by atoms with Crippen molar-refractivity contribution >= 4 is 69.1 Å². The summed E-state index contributed by atoms with van der Waals surface area (Å²) in [5.41, 5.74) is 1.44. The summed E-state index contributed by atoms with van der Waals surface area (Å²) in [5, 5.41) is 4.15. The van der Waals surface area contributed by atoms with Crippen molar-refractivity contribution < 1.29 is 0 Å². The van der Waals surface area contributed by atoms with E-state index in [9.17, 15) is 0 Å². The second kappa shape index (κ2) is 7.89. The van der Waals surface area contributed by atoms with Gasteiger partial charge in [0.15, 0.2) is 0 Å². The Bertz CT molecular complexity index is 451. The first kappa shape index (κ1) is 15.6. The van der Waals surface area contributed by atoms with E-state index < -0.39 is 0 Å². The predicted octanol–water partition coefficient (Wildman–Crippen LogP) is 3.78. The molecule has 0 bridgehead atoms. The van der Waals surface area contributed by atoms with Gasteiger partial charge in [0.25, 0.3) is 0 Å². The molecule has 0 aliphatic rings. The summed E-state index contributed by atoms with van der Waals surface area (Å²) < 4.78 is 0. The lowest BCUT2D eigenvalue weighted by atomic mass is 10.4. The lowest BCUT2D eigenvalue weighted by Crippen LogP contribution is -2.18. The van der Waals surface area contributed by atoms with Crippen LogP contribution in [0.15, 0.2) is 17.0 Å². The molecule has 1 heterocycles. The van der Waals surface area contributed by atoms with Gasteiger partial charge in [-0.05, 0) is 31.4 Å². The van der Waals surface area contributed by atoms with Crippen LogP contribution in [0.5, 0.6) is 0 Å². The van der Waals surface area contributed by atoms with Crippen LogP contribution in [0.4, 0.5) is 5.00 Å². The monoisotopic (exact) mass is 316 g/mol. The highest BCUT2D eigenvalue weighted by Gasteiger charge is 2.06. The Morgan fingerprint density at radius 2 is 2.28 bits per heavy atom. The highest BCUT2D eigenvalue weighted by molar-refractivity contribution is 8.04. The number of thiophene rings is 1. The third kappa shape index (κ3) is 4.35. The maximum atomic E-state index is 5.25. The number of thiocarbonyl (C=S) groups is 2. The van der Waals surface area contributed by atoms with Gasteiger partial charge in [-0.3, -0.25) is 0 Å². The van der Waals surface area contributed by atoms with Gasteiger partial charge in [0, 0.05) is 23.4 Å². The molecule has 0 unspecified atom stereocenters. The summed E-state index contributed by atoms with van der Waals surface area (Å²) in [6.45, 7) is 3.14. The number of nitrogens with zero attached hydrogens (tertiary/aromatic N) is 1. The molecule has 18 heavy (non-hydrogen) atoms. The highest BCUT2D eigenvalue weighted by atomic mass is 32.2. The number of rotatable bonds is 6. The van der Waals surface area contributed by atoms with Gasteiger partial charge in [-0.15, -0.1) is 23.1 Å². The molecular formula is C12H16N2S4. The number of thioether (sulfide) groups is 1. The Kier molecular flexibility index (Phi) is 6.85. The van der Waals surface area contributed by atoms with Gasteiger partial charge in [0.1, 0.15) is 4.99 Å². The summed E-state index contributed by atoms with van der Waals surface area (Å²) in [6, 6.07) is 4.25. The van der Waals surface area contributed by atoms with Crippen LogP contribution in [0.3, 0.4) is 0 Å². The van der Waals surface area contributed by atoms with Crippen LogP contribution < -0.4 is 10.2 Å². The van der Waals surface area contributed by atoms with E-state index >= 15 is 0 Å². The topological polar surface area (TPSA) is 15.3 Å². The van der Waals surface area contributed by atoms with Crippen LogP contribution in [0.25, 0.3) is 6.08 Å². The molecule has 6 heteroatoms. The normalized spacial score (nSPS) is 11.2. The molecule has 0 atom stereocenters. The van der Waals surface area contributed by atoms with E-state index in [-0.39, 0.29) is 0 Å². The standard InChI is InChI=1S/C12H16N2S4/c1-4-14(2)11-6-5-9(18-11)7-10(17-3)12(16)13-8-15/h5-8H,4H2,1-3H3,(H,13,15,16)/b10-7-. The minimum Gasteiger partial charge on any atom is -0.367 e. The molecule has 0 fully saturated rings. The van der Waals surface area contributed by atoms with E-state index in [2.05, 4.69) is 42.4 Å². The first-order valence-corrected chi connectivity index (χ1v) is 8.35. The van der Waals surface area contributed by atoms with Crippen LogP contribution in [0.2, 0.25) is 0 Å². The van der Waals surface area contributed by atoms with E-state index in [4.69, 9.17) is 24.4 Å². The summed E-state index contributed by atoms with van der Waals surface area (Å²) in [4.78, 5) is 5.12. The minimum atomic E-state index is 0.677. The molecule has 0 saturated heterocycles. The average molecular weight is 317 g/mol. The quantitative estimate of drug-likeness (QED) is 0.632. The third-order valence-corrected chi connectivity index (χ3v) is 4.86. The third-order valence-electron chi connectivity index (χ3n) is 2.37. The SMILES string of the molecule is CCN(C)c1ccc(/C=C(\SC)C(=S)NC=S)s1. The highest BCUT2D eigenvalue weighted by Crippen LogP contribution is 2.28. The van der Waals surface area contributed by atoms with Crippen molar-refractivity contribution in [2.75, 3.05) is 24.7 Å². The number of hydrogen-bond donors (Lipinski definition) is 1. The molecule has 0 amide bonds. The minimum absolute atomic E-state index is 0.677. The Balaban J connectivity index is 2.89. The van der Waals surface area contributed by atoms with Crippen LogP contribution in [-0.2, 0) is 0 Å². The van der Waals surface area contributed by atoms with Crippen molar-refractivity contribution in [2.24, 2.45) is 0 Å². The van der Waals surface area contributed by atoms with Crippen molar-refractivity contribution in [2.45, 2.75) is 6.92 Å². The van der Waals surface area contributed by atoms with E-state index in [0.717, 1.165) is 11.4 Å². The Labute approximate surface area is 127 Å². The van der Waals surface area contributed by atoms with Gasteiger partial charge in [0.2, 0.25) is 0 Å². The first-order valence-electron chi connectivity index (χ1n) is 5.43. The zero-order chi connectivity index (χ0) is 13.5. The van der Waals surface area contributed by atoms with Gasteiger partial charge >= 0.3 is 0 Å². The van der Waals surface area contributed by atoms with Gasteiger partial charge in [-0.2, -0.15) is 0 Å². The molecule has 1 N–H and O–H groups in total. The Morgan fingerprint density at radius 1 is 1.56 bits per heavy atom. The molecule has 0 spiro atoms. The van der Waals surface area contributed by atoms with E-state index in [1.165, 1.54) is 15.4 Å². The maximum absolute atomic E-state index is 5.25. The molecule has 98 valence electrons. The molecule has 0 aromatic carbocycles. The molecule has 1 aromatic heterocycles. The van der Waals surface area contributed by atoms with Crippen LogP contribution in [0, 0.1) is 0 Å². The lowest BCUT2D eigenvalue weighted by Gasteiger charge is -2.12. The number of anilines is 1. The van der Waals surface area contributed by atoms with E-state index in [0.29, 0.717) is 4.99 Å². The molecular weight excluding hydrogens is 300 g/mol. The average Bonchev–Trinajstić information content (AvgIpc) is 2.83. The summed E-state index contributed by atoms with van der Waals surface area (Å²) in [6.07, 6.45) is 4.10. The summed E-state index contributed by atoms with van der Waals surface area (Å²) in [7, 11) is 2.09. The van der Waals surface area contributed by atoms with Crippen molar-refractivity contribution in [3.63, 3.8) is 0 Å². The maximum Gasteiger partial charge on any atom is 0.117 e. The second-order valence-corrected chi connectivity index (χ2v) is 6.08. The molecule has 0 aliphatic heterocycles. The number of hydrogen-bond acceptors (Lipinski definition) is 5. The zero-order valence-electron chi connectivity index (χ0n) is 10.6. The van der Waals surface area contributed by atoms with Gasteiger partial charge in [-0.25, -0.2) is 0 Å². The van der Waals surface area contributed by atoms with Gasteiger partial charge in [-0.1, -0.05) is 24.4 Å². The molecule has 0 aliphatic carbocycles. The number of nitrogens with one attached hydrogen (secondary N) is 1. The molecule has 1 rings (SSSR count). The van der Waals surface area contributed by atoms with E-state index in [1.807, 2.05) is 6.26 Å². The lowest BCUT2D eigenvalue weighted by molar-refractivity contribution is 0.982.